The lowest BCUT2D eigenvalue weighted by atomic mass is 10.3. The van der Waals surface area contributed by atoms with Crippen LogP contribution in [-0.4, -0.2) is 10.2 Å². The molecule has 0 spiro atoms. The molecule has 0 aliphatic rings. The molecular formula is C5H2Cl4N2. The Morgan fingerprint density at radius 2 is 1.91 bits per heavy atom. The van der Waals surface area contributed by atoms with Gasteiger partial charge in [-0.3, -0.25) is 0 Å². The summed E-state index contributed by atoms with van der Waals surface area (Å²) in [6.07, 6.45) is 1.35. The van der Waals surface area contributed by atoms with Crippen LogP contribution in [-0.2, 0) is 3.79 Å². The Labute approximate surface area is 83.4 Å². The van der Waals surface area contributed by atoms with Crippen molar-refractivity contribution < 1.29 is 0 Å². The van der Waals surface area contributed by atoms with Crippen molar-refractivity contribution in [1.82, 2.24) is 10.2 Å². The number of alkyl halides is 3. The fraction of sp³-hybridized carbons (Fsp3) is 0.200. The highest BCUT2D eigenvalue weighted by molar-refractivity contribution is 6.66. The van der Waals surface area contributed by atoms with E-state index in [0.717, 1.165) is 0 Å². The van der Waals surface area contributed by atoms with Gasteiger partial charge in [-0.1, -0.05) is 46.4 Å². The standard InChI is InChI=1S/C5H2Cl4N2/c6-4-1-3(2-10-11-4)5(7,8)9/h1-2H. The molecule has 0 amide bonds. The lowest BCUT2D eigenvalue weighted by molar-refractivity contribution is 0.995. The molecule has 0 aliphatic carbocycles. The first-order chi connectivity index (χ1) is 5.00. The quantitative estimate of drug-likeness (QED) is 0.642. The van der Waals surface area contributed by atoms with E-state index in [2.05, 4.69) is 10.2 Å². The second-order valence-corrected chi connectivity index (χ2v) is 4.43. The average molecular weight is 232 g/mol. The molecule has 0 aromatic carbocycles. The van der Waals surface area contributed by atoms with Gasteiger partial charge in [-0.15, -0.1) is 5.10 Å². The predicted octanol–water partition coefficient (Wildman–Crippen LogP) is 2.96. The highest BCUT2D eigenvalue weighted by Crippen LogP contribution is 2.37. The van der Waals surface area contributed by atoms with Gasteiger partial charge in [0, 0.05) is 5.56 Å². The van der Waals surface area contributed by atoms with Crippen LogP contribution in [0, 0.1) is 0 Å². The number of halogens is 4. The number of aromatic nitrogens is 2. The first-order valence-corrected chi connectivity index (χ1v) is 4.07. The second-order valence-electron chi connectivity index (χ2n) is 1.76. The van der Waals surface area contributed by atoms with Crippen LogP contribution in [0.4, 0.5) is 0 Å². The minimum absolute atomic E-state index is 0.203. The SMILES string of the molecule is Clc1cc(C(Cl)(Cl)Cl)cnn1. The zero-order valence-electron chi connectivity index (χ0n) is 5.06. The van der Waals surface area contributed by atoms with Crippen molar-refractivity contribution in [1.29, 1.82) is 0 Å². The molecule has 0 saturated heterocycles. The van der Waals surface area contributed by atoms with Gasteiger partial charge < -0.3 is 0 Å². The molecule has 2 nitrogen and oxygen atoms in total. The van der Waals surface area contributed by atoms with E-state index in [1.165, 1.54) is 12.3 Å². The summed E-state index contributed by atoms with van der Waals surface area (Å²) in [5, 5.41) is 7.21. The minimum atomic E-state index is -1.49. The zero-order valence-corrected chi connectivity index (χ0v) is 8.08. The summed E-state index contributed by atoms with van der Waals surface area (Å²) in [6, 6.07) is 1.45. The average Bonchev–Trinajstić information content (AvgIpc) is 1.86. The predicted molar refractivity (Wildman–Crippen MR) is 46.3 cm³/mol. The molecular weight excluding hydrogens is 230 g/mol. The van der Waals surface area contributed by atoms with Crippen molar-refractivity contribution in [2.45, 2.75) is 3.79 Å². The maximum absolute atomic E-state index is 5.53. The Bertz CT molecular complexity index is 257. The van der Waals surface area contributed by atoms with Gasteiger partial charge in [-0.25, -0.2) is 0 Å². The fourth-order valence-corrected chi connectivity index (χ4v) is 0.967. The summed E-state index contributed by atoms with van der Waals surface area (Å²) < 4.78 is -1.49. The summed E-state index contributed by atoms with van der Waals surface area (Å²) >= 11 is 22.1. The molecule has 1 aromatic heterocycles. The molecule has 0 bridgehead atoms. The van der Waals surface area contributed by atoms with Crippen molar-refractivity contribution in [3.8, 4) is 0 Å². The van der Waals surface area contributed by atoms with E-state index in [1.54, 1.807) is 0 Å². The highest BCUT2D eigenvalue weighted by atomic mass is 35.6. The van der Waals surface area contributed by atoms with Crippen LogP contribution >= 0.6 is 46.4 Å². The molecule has 0 atom stereocenters. The van der Waals surface area contributed by atoms with E-state index in [-0.39, 0.29) is 5.15 Å². The molecule has 0 aliphatic heterocycles. The van der Waals surface area contributed by atoms with Gasteiger partial charge in [0.25, 0.3) is 0 Å². The summed E-state index contributed by atoms with van der Waals surface area (Å²) in [6.45, 7) is 0. The topological polar surface area (TPSA) is 25.8 Å². The van der Waals surface area contributed by atoms with E-state index in [9.17, 15) is 0 Å². The Morgan fingerprint density at radius 1 is 1.27 bits per heavy atom. The molecule has 11 heavy (non-hydrogen) atoms. The van der Waals surface area contributed by atoms with Crippen molar-refractivity contribution >= 4 is 46.4 Å². The van der Waals surface area contributed by atoms with E-state index < -0.39 is 3.79 Å². The largest absolute Gasteiger partial charge is 0.217 e. The van der Waals surface area contributed by atoms with Crippen LogP contribution in [0.2, 0.25) is 5.15 Å². The summed E-state index contributed by atoms with van der Waals surface area (Å²) in [5.41, 5.74) is 0.405. The lowest BCUT2D eigenvalue weighted by Crippen LogP contribution is -2.01. The van der Waals surface area contributed by atoms with Gasteiger partial charge >= 0.3 is 0 Å². The maximum Gasteiger partial charge on any atom is 0.217 e. The molecule has 0 N–H and O–H groups in total. The first kappa shape index (κ1) is 9.33. The maximum atomic E-state index is 5.53. The van der Waals surface area contributed by atoms with Crippen LogP contribution in [0.1, 0.15) is 5.56 Å². The third kappa shape index (κ3) is 2.64. The van der Waals surface area contributed by atoms with Crippen LogP contribution in [0.3, 0.4) is 0 Å². The van der Waals surface area contributed by atoms with Gasteiger partial charge in [-0.05, 0) is 6.07 Å². The van der Waals surface area contributed by atoms with Gasteiger partial charge in [0.1, 0.15) is 0 Å². The van der Waals surface area contributed by atoms with Crippen LogP contribution < -0.4 is 0 Å². The normalized spacial score (nSPS) is 11.6. The Balaban J connectivity index is 3.06. The van der Waals surface area contributed by atoms with Crippen LogP contribution in [0.25, 0.3) is 0 Å². The molecule has 0 fully saturated rings. The first-order valence-electron chi connectivity index (χ1n) is 2.55. The van der Waals surface area contributed by atoms with Crippen molar-refractivity contribution in [3.05, 3.63) is 23.0 Å². The monoisotopic (exact) mass is 230 g/mol. The van der Waals surface area contributed by atoms with Gasteiger partial charge in [-0.2, -0.15) is 5.10 Å². The van der Waals surface area contributed by atoms with Crippen molar-refractivity contribution in [2.75, 3.05) is 0 Å². The fourth-order valence-electron chi connectivity index (χ4n) is 0.496. The third-order valence-corrected chi connectivity index (χ3v) is 1.79. The molecule has 1 aromatic rings. The summed E-state index contributed by atoms with van der Waals surface area (Å²) in [4.78, 5) is 0. The molecule has 0 unspecified atom stereocenters. The minimum Gasteiger partial charge on any atom is -0.157 e. The number of nitrogens with zero attached hydrogens (tertiary/aromatic N) is 2. The second kappa shape index (κ2) is 3.31. The molecule has 1 heterocycles. The Hall–Kier alpha value is 0.240. The lowest BCUT2D eigenvalue weighted by Gasteiger charge is -2.08. The van der Waals surface area contributed by atoms with E-state index in [0.29, 0.717) is 5.56 Å². The number of hydrogen-bond acceptors (Lipinski definition) is 2. The Morgan fingerprint density at radius 3 is 2.27 bits per heavy atom. The molecule has 6 heteroatoms. The molecule has 0 saturated carbocycles. The van der Waals surface area contributed by atoms with Crippen LogP contribution in [0.15, 0.2) is 12.3 Å². The smallest absolute Gasteiger partial charge is 0.157 e. The zero-order chi connectivity index (χ0) is 8.48. The highest BCUT2D eigenvalue weighted by Gasteiger charge is 2.23. The van der Waals surface area contributed by atoms with Crippen molar-refractivity contribution in [2.24, 2.45) is 0 Å². The molecule has 60 valence electrons. The Kier molecular flexibility index (Phi) is 2.81. The summed E-state index contributed by atoms with van der Waals surface area (Å²) in [5.74, 6) is 0. The number of rotatable bonds is 0. The molecule has 0 radical (unpaired) electrons. The van der Waals surface area contributed by atoms with Gasteiger partial charge in [0.2, 0.25) is 3.79 Å². The van der Waals surface area contributed by atoms with Gasteiger partial charge in [0.05, 0.1) is 6.20 Å². The van der Waals surface area contributed by atoms with E-state index in [1.807, 2.05) is 0 Å². The third-order valence-electron chi connectivity index (χ3n) is 0.952. The molecule has 1 rings (SSSR count). The van der Waals surface area contributed by atoms with E-state index in [4.69, 9.17) is 46.4 Å². The van der Waals surface area contributed by atoms with Gasteiger partial charge in [0.15, 0.2) is 5.15 Å². The number of hydrogen-bond donors (Lipinski definition) is 0. The summed E-state index contributed by atoms with van der Waals surface area (Å²) in [7, 11) is 0. The van der Waals surface area contributed by atoms with Crippen LogP contribution in [0.5, 0.6) is 0 Å². The van der Waals surface area contributed by atoms with Crippen molar-refractivity contribution in [3.63, 3.8) is 0 Å². The van der Waals surface area contributed by atoms with E-state index >= 15 is 0 Å².